The fourth-order valence-corrected chi connectivity index (χ4v) is 11.8. The Bertz CT molecular complexity index is 2580. The molecule has 4 aliphatic rings. The summed E-state index contributed by atoms with van der Waals surface area (Å²) in [7, 11) is 0. The molecule has 7 aromatic rings. The van der Waals surface area contributed by atoms with Gasteiger partial charge in [0, 0.05) is 22.2 Å². The van der Waals surface area contributed by atoms with Gasteiger partial charge >= 0.3 is 0 Å². The Morgan fingerprint density at radius 1 is 0.527 bits per heavy atom. The van der Waals surface area contributed by atoms with Crippen molar-refractivity contribution in [2.24, 2.45) is 11.8 Å². The second kappa shape index (κ2) is 13.0. The minimum Gasteiger partial charge on any atom is -0.310 e. The van der Waals surface area contributed by atoms with Gasteiger partial charge in [0.1, 0.15) is 0 Å². The predicted octanol–water partition coefficient (Wildman–Crippen LogP) is 15.4. The summed E-state index contributed by atoms with van der Waals surface area (Å²) in [5, 5.41) is 5.37. The molecular weight excluding hydrogens is 663 g/mol. The molecule has 0 saturated heterocycles. The third-order valence-electron chi connectivity index (χ3n) is 14.5. The molecular formula is C54H51N. The lowest BCUT2D eigenvalue weighted by Crippen LogP contribution is -2.17. The van der Waals surface area contributed by atoms with Crippen LogP contribution in [0.3, 0.4) is 0 Å². The Hall–Kier alpha value is -5.14. The zero-order chi connectivity index (χ0) is 36.7. The van der Waals surface area contributed by atoms with E-state index in [1.54, 1.807) is 5.56 Å². The molecule has 0 spiro atoms. The molecule has 3 fully saturated rings. The average molecular weight is 714 g/mol. The van der Waals surface area contributed by atoms with Crippen LogP contribution < -0.4 is 4.90 Å². The molecule has 11 rings (SSSR count). The summed E-state index contributed by atoms with van der Waals surface area (Å²) in [5.74, 6) is 3.11. The minimum atomic E-state index is -0.147. The molecule has 7 aromatic carbocycles. The van der Waals surface area contributed by atoms with Gasteiger partial charge in [0.15, 0.2) is 0 Å². The molecule has 0 N–H and O–H groups in total. The minimum absolute atomic E-state index is 0.147. The van der Waals surface area contributed by atoms with E-state index in [0.717, 1.165) is 11.8 Å². The zero-order valence-corrected chi connectivity index (χ0v) is 32.4. The number of hydrogen-bond acceptors (Lipinski definition) is 1. The van der Waals surface area contributed by atoms with E-state index >= 15 is 0 Å². The molecule has 3 atom stereocenters. The first kappa shape index (κ1) is 33.2. The van der Waals surface area contributed by atoms with E-state index in [4.69, 9.17) is 0 Å². The number of nitrogens with zero attached hydrogens (tertiary/aromatic N) is 1. The van der Waals surface area contributed by atoms with E-state index in [1.807, 2.05) is 0 Å². The summed E-state index contributed by atoms with van der Waals surface area (Å²) >= 11 is 0. The van der Waals surface area contributed by atoms with Crippen LogP contribution in [0.15, 0.2) is 140 Å². The number of fused-ring (bicyclic) bond motifs is 7. The summed E-state index contributed by atoms with van der Waals surface area (Å²) in [6, 6.07) is 54.0. The van der Waals surface area contributed by atoms with Crippen LogP contribution in [0.4, 0.5) is 17.1 Å². The van der Waals surface area contributed by atoms with Crippen LogP contribution >= 0.6 is 0 Å². The van der Waals surface area contributed by atoms with Crippen molar-refractivity contribution in [2.45, 2.75) is 88.9 Å². The molecule has 0 aromatic heterocycles. The Morgan fingerprint density at radius 2 is 1.25 bits per heavy atom. The summed E-state index contributed by atoms with van der Waals surface area (Å²) < 4.78 is 0. The fraction of sp³-hybridized carbons (Fsp3) is 0.296. The van der Waals surface area contributed by atoms with Crippen LogP contribution in [0.1, 0.15) is 106 Å². The highest BCUT2D eigenvalue weighted by Gasteiger charge is 2.41. The Morgan fingerprint density at radius 3 is 2.05 bits per heavy atom. The molecule has 272 valence electrons. The molecule has 3 unspecified atom stereocenters. The standard InChI is InChI=1S/C54H51N/c1-54(2)50-22-11-10-20-47(50)53-49(43-21-12-16-38-15-6-7-17-42(38)43)33-41(34-51(53)54)55(40-27-25-37(26-28-40)36-13-4-3-5-14-36)52-30-29-45(44-18-8-9-19-46(44)52)48-32-35-23-24-39(48)31-35/h6-12,15-22,25-30,33-36,39,48H,3-5,13-14,23-24,31-32H2,1-2H3. The number of benzene rings is 7. The first-order valence-electron chi connectivity index (χ1n) is 21.2. The van der Waals surface area contributed by atoms with Crippen molar-refractivity contribution in [1.29, 1.82) is 0 Å². The average Bonchev–Trinajstić information content (AvgIpc) is 3.94. The Labute approximate surface area is 327 Å². The van der Waals surface area contributed by atoms with Crippen molar-refractivity contribution < 1.29 is 0 Å². The van der Waals surface area contributed by atoms with E-state index in [-0.39, 0.29) is 5.41 Å². The molecule has 3 saturated carbocycles. The highest BCUT2D eigenvalue weighted by atomic mass is 15.1. The maximum absolute atomic E-state index is 2.60. The van der Waals surface area contributed by atoms with Gasteiger partial charge in [0.05, 0.1) is 5.69 Å². The van der Waals surface area contributed by atoms with Crippen LogP contribution in [0.25, 0.3) is 43.8 Å². The number of hydrogen-bond donors (Lipinski definition) is 0. The van der Waals surface area contributed by atoms with Crippen molar-refractivity contribution in [3.05, 3.63) is 162 Å². The van der Waals surface area contributed by atoms with Gasteiger partial charge < -0.3 is 4.90 Å². The molecule has 1 heteroatoms. The van der Waals surface area contributed by atoms with Gasteiger partial charge in [-0.15, -0.1) is 0 Å². The van der Waals surface area contributed by atoms with Crippen molar-refractivity contribution in [3.63, 3.8) is 0 Å². The maximum Gasteiger partial charge on any atom is 0.0540 e. The first-order chi connectivity index (χ1) is 27.0. The van der Waals surface area contributed by atoms with Gasteiger partial charge in [-0.25, -0.2) is 0 Å². The molecule has 0 heterocycles. The van der Waals surface area contributed by atoms with Gasteiger partial charge in [0.2, 0.25) is 0 Å². The molecule has 55 heavy (non-hydrogen) atoms. The van der Waals surface area contributed by atoms with Crippen LogP contribution in [-0.2, 0) is 5.41 Å². The SMILES string of the molecule is CC1(C)c2ccccc2-c2c(-c3cccc4ccccc34)cc(N(c3ccc(C4CCCCC4)cc3)c3ccc(C4CC5CCC4C5)c4ccccc34)cc21. The van der Waals surface area contributed by atoms with Gasteiger partial charge in [-0.1, -0.05) is 149 Å². The number of rotatable bonds is 6. The highest BCUT2D eigenvalue weighted by Crippen LogP contribution is 2.57. The van der Waals surface area contributed by atoms with Gasteiger partial charge in [-0.05, 0) is 147 Å². The second-order valence-electron chi connectivity index (χ2n) is 17.9. The van der Waals surface area contributed by atoms with Crippen molar-refractivity contribution >= 4 is 38.6 Å². The normalized spacial score (nSPS) is 21.2. The molecule has 0 radical (unpaired) electrons. The largest absolute Gasteiger partial charge is 0.310 e. The summed E-state index contributed by atoms with van der Waals surface area (Å²) in [4.78, 5) is 2.60. The number of anilines is 3. The van der Waals surface area contributed by atoms with Crippen molar-refractivity contribution in [2.75, 3.05) is 4.90 Å². The van der Waals surface area contributed by atoms with Gasteiger partial charge in [-0.3, -0.25) is 0 Å². The van der Waals surface area contributed by atoms with E-state index in [0.29, 0.717) is 11.8 Å². The summed E-state index contributed by atoms with van der Waals surface area (Å²) in [6.45, 7) is 4.86. The van der Waals surface area contributed by atoms with E-state index < -0.39 is 0 Å². The van der Waals surface area contributed by atoms with Crippen LogP contribution in [0.2, 0.25) is 0 Å². The maximum atomic E-state index is 2.60. The molecule has 0 amide bonds. The molecule has 1 nitrogen and oxygen atoms in total. The zero-order valence-electron chi connectivity index (χ0n) is 32.4. The van der Waals surface area contributed by atoms with Crippen LogP contribution in [0.5, 0.6) is 0 Å². The quantitative estimate of drug-likeness (QED) is 0.166. The van der Waals surface area contributed by atoms with E-state index in [1.165, 1.54) is 135 Å². The fourth-order valence-electron chi connectivity index (χ4n) is 11.8. The van der Waals surface area contributed by atoms with Gasteiger partial charge in [-0.2, -0.15) is 0 Å². The van der Waals surface area contributed by atoms with Crippen LogP contribution in [0, 0.1) is 11.8 Å². The lowest BCUT2D eigenvalue weighted by Gasteiger charge is -2.32. The lowest BCUT2D eigenvalue weighted by molar-refractivity contribution is 0.422. The summed E-state index contributed by atoms with van der Waals surface area (Å²) in [6.07, 6.45) is 12.3. The third kappa shape index (κ3) is 5.33. The monoisotopic (exact) mass is 713 g/mol. The molecule has 2 bridgehead atoms. The molecule has 0 aliphatic heterocycles. The molecule has 4 aliphatic carbocycles. The third-order valence-corrected chi connectivity index (χ3v) is 14.5. The second-order valence-corrected chi connectivity index (χ2v) is 17.9. The van der Waals surface area contributed by atoms with Gasteiger partial charge in [0.25, 0.3) is 0 Å². The summed E-state index contributed by atoms with van der Waals surface area (Å²) in [5.41, 5.74) is 14.8. The smallest absolute Gasteiger partial charge is 0.0540 e. The lowest BCUT2D eigenvalue weighted by atomic mass is 9.80. The highest BCUT2D eigenvalue weighted by molar-refractivity contribution is 6.06. The van der Waals surface area contributed by atoms with Crippen molar-refractivity contribution in [3.8, 4) is 22.3 Å². The Balaban J connectivity index is 1.16. The predicted molar refractivity (Wildman–Crippen MR) is 233 cm³/mol. The van der Waals surface area contributed by atoms with E-state index in [9.17, 15) is 0 Å². The first-order valence-corrected chi connectivity index (χ1v) is 21.2. The van der Waals surface area contributed by atoms with E-state index in [2.05, 4.69) is 158 Å². The van der Waals surface area contributed by atoms with Crippen molar-refractivity contribution in [1.82, 2.24) is 0 Å². The van der Waals surface area contributed by atoms with Crippen LogP contribution in [-0.4, -0.2) is 0 Å². The topological polar surface area (TPSA) is 3.24 Å². The Kier molecular flexibility index (Phi) is 7.84.